The zero-order valence-electron chi connectivity index (χ0n) is 15.5. The fourth-order valence-electron chi connectivity index (χ4n) is 2.94. The number of aromatic nitrogens is 1. The summed E-state index contributed by atoms with van der Waals surface area (Å²) in [5.74, 6) is -1.38. The van der Waals surface area contributed by atoms with Gasteiger partial charge in [-0.05, 0) is 17.2 Å². The minimum absolute atomic E-state index is 0.101. The van der Waals surface area contributed by atoms with E-state index < -0.39 is 16.2 Å². The molecule has 0 aliphatic heterocycles. The third-order valence-electron chi connectivity index (χ3n) is 4.01. The van der Waals surface area contributed by atoms with Gasteiger partial charge in [0.15, 0.2) is 11.4 Å². The Hall–Kier alpha value is -3.01. The van der Waals surface area contributed by atoms with Crippen molar-refractivity contribution in [2.24, 2.45) is 0 Å². The Labute approximate surface area is 168 Å². The molecule has 3 rings (SSSR count). The lowest BCUT2D eigenvalue weighted by atomic mass is 10.0. The van der Waals surface area contributed by atoms with Gasteiger partial charge in [0, 0.05) is 32.0 Å². The summed E-state index contributed by atoms with van der Waals surface area (Å²) < 4.78 is 36.0. The van der Waals surface area contributed by atoms with E-state index in [9.17, 15) is 9.90 Å². The Morgan fingerprint density at radius 3 is 1.83 bits per heavy atom. The van der Waals surface area contributed by atoms with Gasteiger partial charge < -0.3 is 10.2 Å². The minimum Gasteiger partial charge on any atom is -0.507 e. The topological polar surface area (TPSA) is 154 Å². The average molecular weight is 420 g/mol. The van der Waals surface area contributed by atoms with Crippen LogP contribution in [0.5, 0.6) is 5.75 Å². The van der Waals surface area contributed by atoms with Gasteiger partial charge in [-0.1, -0.05) is 30.3 Å². The Morgan fingerprint density at radius 1 is 0.862 bits per heavy atom. The number of rotatable bonds is 3. The van der Waals surface area contributed by atoms with Gasteiger partial charge in [-0.3, -0.25) is 0 Å². The summed E-state index contributed by atoms with van der Waals surface area (Å²) in [5, 5.41) is 19.0. The van der Waals surface area contributed by atoms with E-state index in [2.05, 4.69) is 24.3 Å². The largest absolute Gasteiger partial charge is 0.507 e. The predicted octanol–water partition coefficient (Wildman–Crippen LogP) is -1.11. The fourth-order valence-corrected chi connectivity index (χ4v) is 2.94. The van der Waals surface area contributed by atoms with Gasteiger partial charge in [0.1, 0.15) is 11.3 Å². The smallest absolute Gasteiger partial charge is 0.339 e. The molecular weight excluding hydrogens is 402 g/mol. The zero-order valence-corrected chi connectivity index (χ0v) is 16.3. The second-order valence-corrected chi connectivity index (χ2v) is 6.87. The van der Waals surface area contributed by atoms with Crippen molar-refractivity contribution in [3.8, 4) is 22.6 Å². The SMILES string of the molecule is Cc1cc(-c2ccccc2)cc(C)[n+]1-c1ccc(C(=O)O)c(O)c1.[O-][Cl+3]([O-])([O-])[O-]. The van der Waals surface area contributed by atoms with Crippen molar-refractivity contribution >= 4 is 5.97 Å². The molecule has 1 heterocycles. The van der Waals surface area contributed by atoms with Crippen LogP contribution in [0.1, 0.15) is 21.7 Å². The van der Waals surface area contributed by atoms with Crippen molar-refractivity contribution in [3.63, 3.8) is 0 Å². The van der Waals surface area contributed by atoms with Crippen LogP contribution in [0.25, 0.3) is 16.8 Å². The van der Waals surface area contributed by atoms with E-state index >= 15 is 0 Å². The molecule has 0 atom stereocenters. The summed E-state index contributed by atoms with van der Waals surface area (Å²) in [6, 6.07) is 18.9. The molecule has 152 valence electrons. The van der Waals surface area contributed by atoms with Crippen LogP contribution in [0.3, 0.4) is 0 Å². The number of phenols is 1. The van der Waals surface area contributed by atoms with Crippen molar-refractivity contribution in [3.05, 3.63) is 77.6 Å². The van der Waals surface area contributed by atoms with E-state index in [0.29, 0.717) is 0 Å². The van der Waals surface area contributed by atoms with Crippen LogP contribution >= 0.6 is 0 Å². The van der Waals surface area contributed by atoms with E-state index in [0.717, 1.165) is 28.2 Å². The lowest BCUT2D eigenvalue weighted by Gasteiger charge is -2.17. The van der Waals surface area contributed by atoms with E-state index in [4.69, 9.17) is 23.7 Å². The van der Waals surface area contributed by atoms with Crippen molar-refractivity contribution < 1.29 is 48.5 Å². The van der Waals surface area contributed by atoms with Crippen LogP contribution in [-0.2, 0) is 0 Å². The van der Waals surface area contributed by atoms with Gasteiger partial charge in [-0.25, -0.2) is 23.4 Å². The molecule has 0 aliphatic rings. The van der Waals surface area contributed by atoms with Gasteiger partial charge in [0.25, 0.3) is 0 Å². The highest BCUT2D eigenvalue weighted by Crippen LogP contribution is 2.23. The van der Waals surface area contributed by atoms with Crippen LogP contribution < -0.4 is 23.2 Å². The second-order valence-electron chi connectivity index (χ2n) is 6.11. The first-order valence-electron chi connectivity index (χ1n) is 8.24. The number of benzene rings is 2. The lowest BCUT2D eigenvalue weighted by molar-refractivity contribution is -2.00. The number of hydrogen-bond donors (Lipinski definition) is 2. The summed E-state index contributed by atoms with van der Waals surface area (Å²) in [7, 11) is -4.94. The number of carboxylic acids is 1. The lowest BCUT2D eigenvalue weighted by Crippen LogP contribution is -2.68. The first-order chi connectivity index (χ1) is 13.5. The first kappa shape index (κ1) is 22.3. The number of aromatic carboxylic acids is 1. The molecule has 3 aromatic rings. The van der Waals surface area contributed by atoms with E-state index in [-0.39, 0.29) is 11.3 Å². The van der Waals surface area contributed by atoms with Gasteiger partial charge >= 0.3 is 5.97 Å². The quantitative estimate of drug-likeness (QED) is 0.510. The van der Waals surface area contributed by atoms with Gasteiger partial charge in [-0.15, -0.1) is 10.2 Å². The summed E-state index contributed by atoms with van der Waals surface area (Å²) in [6.45, 7) is 3.98. The van der Waals surface area contributed by atoms with Crippen LogP contribution in [0.2, 0.25) is 0 Å². The maximum atomic E-state index is 11.0. The number of carbonyl (C=O) groups is 1. The molecule has 0 unspecified atom stereocenters. The highest BCUT2D eigenvalue weighted by molar-refractivity contribution is 5.90. The number of aromatic hydroxyl groups is 1. The molecule has 1 aromatic heterocycles. The molecule has 29 heavy (non-hydrogen) atoms. The molecule has 0 radical (unpaired) electrons. The Kier molecular flexibility index (Phi) is 6.91. The van der Waals surface area contributed by atoms with Gasteiger partial charge in [-0.2, -0.15) is 4.57 Å². The van der Waals surface area contributed by atoms with Crippen LogP contribution in [0.15, 0.2) is 60.7 Å². The molecule has 0 saturated heterocycles. The van der Waals surface area contributed by atoms with E-state index in [1.165, 1.54) is 12.1 Å². The normalized spacial score (nSPS) is 10.8. The maximum Gasteiger partial charge on any atom is 0.339 e. The number of pyridine rings is 1. The third-order valence-corrected chi connectivity index (χ3v) is 4.01. The Morgan fingerprint density at radius 2 is 1.38 bits per heavy atom. The number of hydrogen-bond acceptors (Lipinski definition) is 6. The number of halogens is 1. The molecule has 2 aromatic carbocycles. The molecule has 0 saturated carbocycles. The molecule has 0 fully saturated rings. The average Bonchev–Trinajstić information content (AvgIpc) is 2.60. The maximum absolute atomic E-state index is 11.0. The monoisotopic (exact) mass is 419 g/mol. The minimum atomic E-state index is -4.94. The molecule has 0 spiro atoms. The van der Waals surface area contributed by atoms with Crippen molar-refractivity contribution in [1.82, 2.24) is 0 Å². The highest BCUT2D eigenvalue weighted by atomic mass is 35.7. The second kappa shape index (κ2) is 8.99. The van der Waals surface area contributed by atoms with Crippen molar-refractivity contribution in [2.45, 2.75) is 13.8 Å². The number of aryl methyl sites for hydroxylation is 2. The van der Waals surface area contributed by atoms with Crippen LogP contribution in [-0.4, -0.2) is 16.2 Å². The molecule has 2 N–H and O–H groups in total. The Bertz CT molecular complexity index is 988. The Balaban J connectivity index is 0.000000537. The van der Waals surface area contributed by atoms with Gasteiger partial charge in [0.05, 0.1) is 6.07 Å². The predicted molar refractivity (Wildman–Crippen MR) is 91.5 cm³/mol. The van der Waals surface area contributed by atoms with Crippen molar-refractivity contribution in [2.75, 3.05) is 0 Å². The van der Waals surface area contributed by atoms with Gasteiger partial charge in [0.2, 0.25) is 5.69 Å². The first-order valence-corrected chi connectivity index (χ1v) is 9.48. The molecule has 8 nitrogen and oxygen atoms in total. The molecule has 9 heteroatoms. The molecule has 0 aliphatic carbocycles. The number of nitrogens with zero attached hydrogens (tertiary/aromatic N) is 1. The van der Waals surface area contributed by atoms with E-state index in [1.807, 2.05) is 36.6 Å². The third kappa shape index (κ3) is 6.24. The molecule has 0 bridgehead atoms. The summed E-state index contributed by atoms with van der Waals surface area (Å²) in [6.07, 6.45) is 0. The highest BCUT2D eigenvalue weighted by Gasteiger charge is 2.19. The van der Waals surface area contributed by atoms with E-state index in [1.54, 1.807) is 6.07 Å². The van der Waals surface area contributed by atoms with Crippen molar-refractivity contribution in [1.29, 1.82) is 0 Å². The molecular formula is C20H18ClNO7. The summed E-state index contributed by atoms with van der Waals surface area (Å²) in [4.78, 5) is 11.0. The van der Waals surface area contributed by atoms with Crippen LogP contribution in [0, 0.1) is 24.1 Å². The van der Waals surface area contributed by atoms with Crippen LogP contribution in [0.4, 0.5) is 0 Å². The molecule has 0 amide bonds. The number of carboxylic acid groups (broad SMARTS) is 1. The standard InChI is InChI=1S/C20H17NO3.ClHO4/c1-13-10-16(15-6-4-3-5-7-15)11-14(2)21(13)17-8-9-18(20(23)24)19(22)12-17;2-1(3,4)5/h3-12H,1-2H3,(H-,22,23,24);(H,2,3,4,5). The summed E-state index contributed by atoms with van der Waals surface area (Å²) in [5.41, 5.74) is 4.88. The zero-order chi connectivity index (χ0) is 21.8. The summed E-state index contributed by atoms with van der Waals surface area (Å²) >= 11 is 0. The fraction of sp³-hybridized carbons (Fsp3) is 0.100.